The Morgan fingerprint density at radius 1 is 0.962 bits per heavy atom. The molecule has 0 aliphatic rings. The smallest absolute Gasteiger partial charge is 0.251 e. The third kappa shape index (κ3) is 4.42. The molecular weight excluding hydrogens is 326 g/mol. The number of benzene rings is 3. The van der Waals surface area contributed by atoms with E-state index in [1.54, 1.807) is 19.2 Å². The van der Waals surface area contributed by atoms with Crippen molar-refractivity contribution in [3.8, 4) is 22.6 Å². The molecule has 132 valence electrons. The molecule has 3 rings (SSSR count). The number of aromatic hydroxyl groups is 1. The molecular formula is C22H21NO3. The van der Waals surface area contributed by atoms with Crippen molar-refractivity contribution in [3.63, 3.8) is 0 Å². The van der Waals surface area contributed by atoms with Crippen LogP contribution in [0, 0.1) is 0 Å². The first-order valence-corrected chi connectivity index (χ1v) is 8.46. The summed E-state index contributed by atoms with van der Waals surface area (Å²) < 4.78 is 5.18. The quantitative estimate of drug-likeness (QED) is 0.707. The standard InChI is InChI=1S/C22H21NO3/c1-26-21-11-7-17(8-12-21)18-3-2-4-19(15-18)22(25)23-14-13-16-5-9-20(24)10-6-16/h2-12,15,24H,13-14H2,1H3,(H,23,25). The Kier molecular flexibility index (Phi) is 5.54. The SMILES string of the molecule is COc1ccc(-c2cccc(C(=O)NCCc3ccc(O)cc3)c2)cc1. The number of phenolic OH excluding ortho intramolecular Hbond substituents is 1. The topological polar surface area (TPSA) is 58.6 Å². The predicted molar refractivity (Wildman–Crippen MR) is 103 cm³/mol. The third-order valence-corrected chi connectivity index (χ3v) is 4.18. The van der Waals surface area contributed by atoms with Crippen LogP contribution < -0.4 is 10.1 Å². The first kappa shape index (κ1) is 17.5. The van der Waals surface area contributed by atoms with E-state index in [4.69, 9.17) is 4.74 Å². The van der Waals surface area contributed by atoms with E-state index >= 15 is 0 Å². The molecule has 0 atom stereocenters. The number of ether oxygens (including phenoxy) is 1. The van der Waals surface area contributed by atoms with Crippen LogP contribution >= 0.6 is 0 Å². The van der Waals surface area contributed by atoms with Crippen molar-refractivity contribution in [1.29, 1.82) is 0 Å². The highest BCUT2D eigenvalue weighted by Crippen LogP contribution is 2.23. The lowest BCUT2D eigenvalue weighted by Crippen LogP contribution is -2.25. The monoisotopic (exact) mass is 347 g/mol. The zero-order chi connectivity index (χ0) is 18.4. The Morgan fingerprint density at radius 2 is 1.69 bits per heavy atom. The van der Waals surface area contributed by atoms with Crippen molar-refractivity contribution in [1.82, 2.24) is 5.32 Å². The van der Waals surface area contributed by atoms with Gasteiger partial charge in [0.15, 0.2) is 0 Å². The summed E-state index contributed by atoms with van der Waals surface area (Å²) in [5.74, 6) is 0.948. The zero-order valence-electron chi connectivity index (χ0n) is 14.6. The van der Waals surface area contributed by atoms with Gasteiger partial charge in [-0.05, 0) is 59.5 Å². The molecule has 3 aromatic rings. The van der Waals surface area contributed by atoms with E-state index < -0.39 is 0 Å². The molecule has 3 aromatic carbocycles. The largest absolute Gasteiger partial charge is 0.508 e. The number of hydrogen-bond acceptors (Lipinski definition) is 3. The van der Waals surface area contributed by atoms with E-state index in [9.17, 15) is 9.90 Å². The molecule has 2 N–H and O–H groups in total. The second-order valence-corrected chi connectivity index (χ2v) is 5.98. The number of nitrogens with one attached hydrogen (secondary N) is 1. The van der Waals surface area contributed by atoms with Gasteiger partial charge in [0.2, 0.25) is 0 Å². The lowest BCUT2D eigenvalue weighted by Gasteiger charge is -2.08. The normalized spacial score (nSPS) is 10.3. The highest BCUT2D eigenvalue weighted by Gasteiger charge is 2.07. The van der Waals surface area contributed by atoms with Gasteiger partial charge in [-0.2, -0.15) is 0 Å². The van der Waals surface area contributed by atoms with Gasteiger partial charge in [0, 0.05) is 12.1 Å². The molecule has 0 heterocycles. The summed E-state index contributed by atoms with van der Waals surface area (Å²) in [6.45, 7) is 0.538. The molecule has 1 amide bonds. The van der Waals surface area contributed by atoms with Crippen LogP contribution in [0.3, 0.4) is 0 Å². The van der Waals surface area contributed by atoms with Crippen LogP contribution in [-0.2, 0) is 6.42 Å². The summed E-state index contributed by atoms with van der Waals surface area (Å²) in [7, 11) is 1.64. The average Bonchev–Trinajstić information content (AvgIpc) is 2.69. The Hall–Kier alpha value is -3.27. The van der Waals surface area contributed by atoms with Gasteiger partial charge in [0.25, 0.3) is 5.91 Å². The summed E-state index contributed by atoms with van der Waals surface area (Å²) in [5.41, 5.74) is 3.71. The third-order valence-electron chi connectivity index (χ3n) is 4.18. The predicted octanol–water partition coefficient (Wildman–Crippen LogP) is 4.04. The molecule has 0 fully saturated rings. The van der Waals surface area contributed by atoms with Gasteiger partial charge in [-0.1, -0.05) is 36.4 Å². The van der Waals surface area contributed by atoms with E-state index in [1.165, 1.54) is 0 Å². The van der Waals surface area contributed by atoms with Crippen molar-refractivity contribution in [2.45, 2.75) is 6.42 Å². The molecule has 0 unspecified atom stereocenters. The lowest BCUT2D eigenvalue weighted by molar-refractivity contribution is 0.0954. The molecule has 0 aromatic heterocycles. The van der Waals surface area contributed by atoms with Gasteiger partial charge in [-0.15, -0.1) is 0 Å². The van der Waals surface area contributed by atoms with Crippen molar-refractivity contribution in [2.75, 3.05) is 13.7 Å². The molecule has 0 aliphatic heterocycles. The summed E-state index contributed by atoms with van der Waals surface area (Å²) in [4.78, 5) is 12.4. The number of rotatable bonds is 6. The van der Waals surface area contributed by atoms with Crippen LogP contribution in [-0.4, -0.2) is 24.7 Å². The van der Waals surface area contributed by atoms with Crippen LogP contribution in [0.25, 0.3) is 11.1 Å². The summed E-state index contributed by atoms with van der Waals surface area (Å²) >= 11 is 0. The fourth-order valence-electron chi connectivity index (χ4n) is 2.71. The van der Waals surface area contributed by atoms with Crippen molar-refractivity contribution < 1.29 is 14.6 Å². The van der Waals surface area contributed by atoms with Crippen LogP contribution in [0.5, 0.6) is 11.5 Å². The Bertz CT molecular complexity index is 871. The van der Waals surface area contributed by atoms with E-state index in [1.807, 2.05) is 60.7 Å². The first-order chi connectivity index (χ1) is 12.7. The van der Waals surface area contributed by atoms with Crippen LogP contribution in [0.2, 0.25) is 0 Å². The Labute approximate surface area is 153 Å². The van der Waals surface area contributed by atoms with Crippen molar-refractivity contribution in [2.24, 2.45) is 0 Å². The van der Waals surface area contributed by atoms with Gasteiger partial charge in [0.1, 0.15) is 11.5 Å². The highest BCUT2D eigenvalue weighted by atomic mass is 16.5. The number of hydrogen-bond donors (Lipinski definition) is 2. The summed E-state index contributed by atoms with van der Waals surface area (Å²) in [6.07, 6.45) is 0.712. The minimum Gasteiger partial charge on any atom is -0.508 e. The van der Waals surface area contributed by atoms with Gasteiger partial charge in [0.05, 0.1) is 7.11 Å². The van der Waals surface area contributed by atoms with E-state index in [0.717, 1.165) is 22.4 Å². The number of carbonyl (C=O) groups excluding carboxylic acids is 1. The van der Waals surface area contributed by atoms with Gasteiger partial charge in [-0.25, -0.2) is 0 Å². The minimum absolute atomic E-state index is 0.0980. The summed E-state index contributed by atoms with van der Waals surface area (Å²) in [6, 6.07) is 22.3. The number of phenols is 1. The molecule has 0 bridgehead atoms. The second-order valence-electron chi connectivity index (χ2n) is 5.98. The number of carbonyl (C=O) groups is 1. The van der Waals surface area contributed by atoms with Crippen LogP contribution in [0.15, 0.2) is 72.8 Å². The fourth-order valence-corrected chi connectivity index (χ4v) is 2.71. The van der Waals surface area contributed by atoms with Crippen molar-refractivity contribution in [3.05, 3.63) is 83.9 Å². The van der Waals surface area contributed by atoms with Crippen LogP contribution in [0.1, 0.15) is 15.9 Å². The molecule has 0 saturated carbocycles. The molecule has 4 nitrogen and oxygen atoms in total. The maximum absolute atomic E-state index is 12.4. The average molecular weight is 347 g/mol. The number of methoxy groups -OCH3 is 1. The van der Waals surface area contributed by atoms with Gasteiger partial charge >= 0.3 is 0 Å². The Balaban J connectivity index is 1.63. The molecule has 0 radical (unpaired) electrons. The van der Waals surface area contributed by atoms with E-state index in [2.05, 4.69) is 5.32 Å². The second kappa shape index (κ2) is 8.21. The van der Waals surface area contributed by atoms with Gasteiger partial charge in [-0.3, -0.25) is 4.79 Å². The first-order valence-electron chi connectivity index (χ1n) is 8.46. The zero-order valence-corrected chi connectivity index (χ0v) is 14.6. The number of amides is 1. The molecule has 0 saturated heterocycles. The van der Waals surface area contributed by atoms with E-state index in [-0.39, 0.29) is 11.7 Å². The lowest BCUT2D eigenvalue weighted by atomic mass is 10.0. The Morgan fingerprint density at radius 3 is 2.38 bits per heavy atom. The molecule has 4 heteroatoms. The summed E-state index contributed by atoms with van der Waals surface area (Å²) in [5, 5.41) is 12.2. The molecule has 0 spiro atoms. The highest BCUT2D eigenvalue weighted by molar-refractivity contribution is 5.95. The maximum atomic E-state index is 12.4. The van der Waals surface area contributed by atoms with Crippen molar-refractivity contribution >= 4 is 5.91 Å². The molecule has 0 aliphatic carbocycles. The fraction of sp³-hybridized carbons (Fsp3) is 0.136. The van der Waals surface area contributed by atoms with Crippen LogP contribution in [0.4, 0.5) is 0 Å². The maximum Gasteiger partial charge on any atom is 0.251 e. The van der Waals surface area contributed by atoms with Gasteiger partial charge < -0.3 is 15.2 Å². The minimum atomic E-state index is -0.0980. The van der Waals surface area contributed by atoms with E-state index in [0.29, 0.717) is 18.5 Å². The molecule has 26 heavy (non-hydrogen) atoms.